The molecule has 0 saturated heterocycles. The Morgan fingerprint density at radius 2 is 1.94 bits per heavy atom. The van der Waals surface area contributed by atoms with Crippen molar-refractivity contribution in [2.75, 3.05) is 10.5 Å². The predicted octanol–water partition coefficient (Wildman–Crippen LogP) is 3.50. The quantitative estimate of drug-likeness (QED) is 0.894. The number of hydrogen-bond donors (Lipinski definition) is 1. The van der Waals surface area contributed by atoms with Gasteiger partial charge in [-0.15, -0.1) is 0 Å². The molecule has 0 amide bonds. The Balaban J connectivity index is 2.96. The van der Waals surface area contributed by atoms with Crippen molar-refractivity contribution in [3.63, 3.8) is 0 Å². The van der Waals surface area contributed by atoms with Gasteiger partial charge < -0.3 is 0 Å². The fourth-order valence-electron chi connectivity index (χ4n) is 1.59. The number of benzene rings is 1. The van der Waals surface area contributed by atoms with E-state index in [0.29, 0.717) is 17.1 Å². The molecule has 1 rings (SSSR count). The van der Waals surface area contributed by atoms with Crippen molar-refractivity contribution >= 4 is 27.3 Å². The lowest BCUT2D eigenvalue weighted by Gasteiger charge is -2.12. The molecule has 0 aliphatic rings. The summed E-state index contributed by atoms with van der Waals surface area (Å²) in [5.74, 6) is 0.132. The average Bonchev–Trinajstić information content (AvgIpc) is 2.21. The van der Waals surface area contributed by atoms with Gasteiger partial charge >= 0.3 is 0 Å². The molecule has 0 radical (unpaired) electrons. The number of unbranched alkanes of at least 4 members (excludes halogenated alkanes) is 1. The summed E-state index contributed by atoms with van der Waals surface area (Å²) in [6, 6.07) is 3.66. The lowest BCUT2D eigenvalue weighted by atomic mass is 10.1. The molecule has 0 aliphatic heterocycles. The molecule has 0 heterocycles. The first-order valence-corrected chi connectivity index (χ1v) is 7.66. The van der Waals surface area contributed by atoms with Crippen LogP contribution in [-0.4, -0.2) is 14.2 Å². The molecule has 0 unspecified atom stereocenters. The van der Waals surface area contributed by atoms with E-state index in [9.17, 15) is 8.42 Å². The largest absolute Gasteiger partial charge is 0.282 e. The molecular weight excluding hydrogens is 258 g/mol. The summed E-state index contributed by atoms with van der Waals surface area (Å²) in [5.41, 5.74) is 2.35. The summed E-state index contributed by atoms with van der Waals surface area (Å²) in [4.78, 5) is 0. The third-order valence-corrected chi connectivity index (χ3v) is 4.10. The molecule has 0 atom stereocenters. The second-order valence-electron chi connectivity index (χ2n) is 4.21. The highest BCUT2D eigenvalue weighted by Crippen LogP contribution is 2.28. The van der Waals surface area contributed by atoms with Crippen LogP contribution in [0.25, 0.3) is 0 Å². The minimum atomic E-state index is -3.29. The molecule has 17 heavy (non-hydrogen) atoms. The third-order valence-electron chi connectivity index (χ3n) is 2.46. The monoisotopic (exact) mass is 275 g/mol. The minimum Gasteiger partial charge on any atom is -0.282 e. The topological polar surface area (TPSA) is 46.2 Å². The molecule has 0 saturated carbocycles. The normalized spacial score (nSPS) is 11.5. The number of nitrogens with one attached hydrogen (secondary N) is 1. The Labute approximate surface area is 108 Å². The van der Waals surface area contributed by atoms with Crippen LogP contribution < -0.4 is 4.72 Å². The molecule has 1 aromatic rings. The first-order chi connectivity index (χ1) is 7.85. The zero-order valence-corrected chi connectivity index (χ0v) is 12.0. The summed E-state index contributed by atoms with van der Waals surface area (Å²) < 4.78 is 26.1. The average molecular weight is 276 g/mol. The van der Waals surface area contributed by atoms with Gasteiger partial charge in [-0.25, -0.2) is 8.42 Å². The number of sulfonamides is 1. The molecule has 3 nitrogen and oxygen atoms in total. The highest BCUT2D eigenvalue weighted by molar-refractivity contribution is 7.92. The van der Waals surface area contributed by atoms with Crippen LogP contribution in [0.2, 0.25) is 5.02 Å². The molecule has 1 aromatic carbocycles. The molecule has 0 bridgehead atoms. The molecule has 96 valence electrons. The van der Waals surface area contributed by atoms with E-state index in [0.717, 1.165) is 17.5 Å². The van der Waals surface area contributed by atoms with E-state index in [1.54, 1.807) is 6.07 Å². The van der Waals surface area contributed by atoms with Crippen LogP contribution in [0.3, 0.4) is 0 Å². The van der Waals surface area contributed by atoms with E-state index >= 15 is 0 Å². The van der Waals surface area contributed by atoms with Crippen LogP contribution in [0.5, 0.6) is 0 Å². The first-order valence-electron chi connectivity index (χ1n) is 5.63. The fraction of sp³-hybridized carbons (Fsp3) is 0.500. The highest BCUT2D eigenvalue weighted by Gasteiger charge is 2.14. The number of rotatable bonds is 5. The molecule has 0 spiro atoms. The van der Waals surface area contributed by atoms with Gasteiger partial charge in [0.05, 0.1) is 16.5 Å². The van der Waals surface area contributed by atoms with Crippen LogP contribution in [-0.2, 0) is 10.0 Å². The van der Waals surface area contributed by atoms with Gasteiger partial charge in [0.2, 0.25) is 10.0 Å². The molecule has 0 aromatic heterocycles. The Bertz CT molecular complexity index is 474. The standard InChI is InChI=1S/C12H18ClNO2S/c1-4-5-6-17(15,16)14-12-10(3)7-9(2)8-11(12)13/h7-8,14H,4-6H2,1-3H3. The number of hydrogen-bond acceptors (Lipinski definition) is 2. The second kappa shape index (κ2) is 5.74. The smallest absolute Gasteiger partial charge is 0.232 e. The fourth-order valence-corrected chi connectivity index (χ4v) is 3.36. The Morgan fingerprint density at radius 3 is 2.47 bits per heavy atom. The van der Waals surface area contributed by atoms with Crippen LogP contribution in [0.4, 0.5) is 5.69 Å². The summed E-state index contributed by atoms with van der Waals surface area (Å²) in [7, 11) is -3.29. The van der Waals surface area contributed by atoms with E-state index in [1.165, 1.54) is 0 Å². The van der Waals surface area contributed by atoms with Gasteiger partial charge in [-0.3, -0.25) is 4.72 Å². The zero-order valence-electron chi connectivity index (χ0n) is 10.4. The van der Waals surface area contributed by atoms with E-state index in [2.05, 4.69) is 4.72 Å². The van der Waals surface area contributed by atoms with Gasteiger partial charge in [-0.2, -0.15) is 0 Å². The summed E-state index contributed by atoms with van der Waals surface area (Å²) in [6.07, 6.45) is 1.50. The third kappa shape index (κ3) is 4.21. The first kappa shape index (κ1) is 14.3. The maximum atomic E-state index is 11.8. The number of anilines is 1. The predicted molar refractivity (Wildman–Crippen MR) is 73.2 cm³/mol. The summed E-state index contributed by atoms with van der Waals surface area (Å²) in [6.45, 7) is 5.73. The SMILES string of the molecule is CCCCS(=O)(=O)Nc1c(C)cc(C)cc1Cl. The minimum absolute atomic E-state index is 0.132. The van der Waals surface area contributed by atoms with Gasteiger partial charge in [0, 0.05) is 0 Å². The maximum Gasteiger partial charge on any atom is 0.232 e. The molecule has 0 aliphatic carbocycles. The van der Waals surface area contributed by atoms with E-state index in [-0.39, 0.29) is 5.75 Å². The van der Waals surface area contributed by atoms with Gasteiger partial charge in [0.25, 0.3) is 0 Å². The maximum absolute atomic E-state index is 11.8. The Kier molecular flexibility index (Phi) is 4.83. The van der Waals surface area contributed by atoms with Crippen molar-refractivity contribution in [2.45, 2.75) is 33.6 Å². The van der Waals surface area contributed by atoms with Gasteiger partial charge in [0.1, 0.15) is 0 Å². The Morgan fingerprint density at radius 1 is 1.29 bits per heavy atom. The highest BCUT2D eigenvalue weighted by atomic mass is 35.5. The van der Waals surface area contributed by atoms with E-state index in [1.807, 2.05) is 26.8 Å². The van der Waals surface area contributed by atoms with Crippen molar-refractivity contribution < 1.29 is 8.42 Å². The molecule has 0 fully saturated rings. The van der Waals surface area contributed by atoms with Crippen molar-refractivity contribution in [1.29, 1.82) is 0 Å². The van der Waals surface area contributed by atoms with E-state index in [4.69, 9.17) is 11.6 Å². The van der Waals surface area contributed by atoms with Crippen molar-refractivity contribution in [2.24, 2.45) is 0 Å². The zero-order chi connectivity index (χ0) is 13.1. The number of aryl methyl sites for hydroxylation is 2. The van der Waals surface area contributed by atoms with Crippen LogP contribution in [0.1, 0.15) is 30.9 Å². The van der Waals surface area contributed by atoms with Crippen LogP contribution in [0.15, 0.2) is 12.1 Å². The van der Waals surface area contributed by atoms with Gasteiger partial charge in [-0.05, 0) is 37.5 Å². The van der Waals surface area contributed by atoms with Crippen molar-refractivity contribution in [3.8, 4) is 0 Å². The summed E-state index contributed by atoms with van der Waals surface area (Å²) >= 11 is 6.05. The molecular formula is C12H18ClNO2S. The number of halogens is 1. The lowest BCUT2D eigenvalue weighted by molar-refractivity contribution is 0.598. The van der Waals surface area contributed by atoms with Crippen LogP contribution in [0, 0.1) is 13.8 Å². The van der Waals surface area contributed by atoms with Gasteiger partial charge in [0.15, 0.2) is 0 Å². The molecule has 5 heteroatoms. The molecule has 1 N–H and O–H groups in total. The summed E-state index contributed by atoms with van der Waals surface area (Å²) in [5, 5.41) is 0.447. The second-order valence-corrected chi connectivity index (χ2v) is 6.46. The van der Waals surface area contributed by atoms with Crippen molar-refractivity contribution in [1.82, 2.24) is 0 Å². The van der Waals surface area contributed by atoms with E-state index < -0.39 is 10.0 Å². The van der Waals surface area contributed by atoms with Gasteiger partial charge in [-0.1, -0.05) is 31.0 Å². The van der Waals surface area contributed by atoms with Crippen LogP contribution >= 0.6 is 11.6 Å². The van der Waals surface area contributed by atoms with Crippen molar-refractivity contribution in [3.05, 3.63) is 28.3 Å². The lowest BCUT2D eigenvalue weighted by Crippen LogP contribution is -2.17. The Hall–Kier alpha value is -0.740.